The van der Waals surface area contributed by atoms with Gasteiger partial charge in [-0.15, -0.1) is 11.6 Å². The highest BCUT2D eigenvalue weighted by molar-refractivity contribution is 9.10. The molecule has 1 saturated heterocycles. The van der Waals surface area contributed by atoms with Crippen molar-refractivity contribution in [3.05, 3.63) is 28.5 Å². The van der Waals surface area contributed by atoms with E-state index in [-0.39, 0.29) is 11.9 Å². The van der Waals surface area contributed by atoms with Gasteiger partial charge in [0.1, 0.15) is 11.9 Å². The minimum Gasteiger partial charge on any atom is -0.341 e. The van der Waals surface area contributed by atoms with Crippen LogP contribution in [0.25, 0.3) is 11.0 Å². The molecule has 1 unspecified atom stereocenters. The quantitative estimate of drug-likeness (QED) is 0.772. The van der Waals surface area contributed by atoms with Gasteiger partial charge < -0.3 is 9.47 Å². The Morgan fingerprint density at radius 2 is 2.14 bits per heavy atom. The molecule has 6 heteroatoms. The molecule has 0 aliphatic carbocycles. The summed E-state index contributed by atoms with van der Waals surface area (Å²) in [5.41, 5.74) is 1.81. The fraction of sp³-hybridized carbons (Fsp3) is 0.467. The van der Waals surface area contributed by atoms with E-state index in [1.54, 1.807) is 0 Å². The Kier molecular flexibility index (Phi) is 4.22. The Balaban J connectivity index is 2.04. The number of carbonyl (C=O) groups is 1. The Labute approximate surface area is 137 Å². The number of likely N-dealkylation sites (tertiary alicyclic amines) is 1. The lowest BCUT2D eigenvalue weighted by Crippen LogP contribution is -2.34. The minimum absolute atomic E-state index is 0.151. The Morgan fingerprint density at radius 3 is 2.81 bits per heavy atom. The van der Waals surface area contributed by atoms with E-state index in [1.165, 1.54) is 0 Å². The number of aromatic nitrogens is 2. The van der Waals surface area contributed by atoms with Gasteiger partial charge in [-0.2, -0.15) is 0 Å². The lowest BCUT2D eigenvalue weighted by molar-refractivity contribution is -0.133. The van der Waals surface area contributed by atoms with E-state index in [0.717, 1.165) is 47.3 Å². The van der Waals surface area contributed by atoms with E-state index >= 15 is 0 Å². The number of benzene rings is 1. The van der Waals surface area contributed by atoms with Crippen LogP contribution in [-0.2, 0) is 10.7 Å². The van der Waals surface area contributed by atoms with Crippen LogP contribution >= 0.6 is 27.5 Å². The zero-order valence-electron chi connectivity index (χ0n) is 11.9. The number of halogens is 2. The Morgan fingerprint density at radius 1 is 1.43 bits per heavy atom. The topological polar surface area (TPSA) is 38.1 Å². The third kappa shape index (κ3) is 2.69. The van der Waals surface area contributed by atoms with Gasteiger partial charge in [0.2, 0.25) is 5.91 Å². The van der Waals surface area contributed by atoms with Crippen molar-refractivity contribution in [2.45, 2.75) is 31.7 Å². The summed E-state index contributed by atoms with van der Waals surface area (Å²) in [5, 5.41) is 0. The molecule has 0 radical (unpaired) electrons. The van der Waals surface area contributed by atoms with Crippen molar-refractivity contribution < 1.29 is 4.79 Å². The first-order valence-electron chi connectivity index (χ1n) is 7.13. The van der Waals surface area contributed by atoms with E-state index in [4.69, 9.17) is 11.6 Å². The van der Waals surface area contributed by atoms with E-state index in [2.05, 4.69) is 20.9 Å². The monoisotopic (exact) mass is 369 g/mol. The number of hydrogen-bond donors (Lipinski definition) is 0. The number of hydrogen-bond acceptors (Lipinski definition) is 2. The highest BCUT2D eigenvalue weighted by atomic mass is 79.9. The van der Waals surface area contributed by atoms with Crippen LogP contribution < -0.4 is 0 Å². The molecule has 2 heterocycles. The van der Waals surface area contributed by atoms with Crippen molar-refractivity contribution in [1.29, 1.82) is 0 Å². The zero-order valence-corrected chi connectivity index (χ0v) is 14.2. The molecular weight excluding hydrogens is 354 g/mol. The molecule has 2 aromatic rings. The number of alkyl halides is 1. The predicted molar refractivity (Wildman–Crippen MR) is 87.5 cm³/mol. The number of imidazole rings is 1. The molecule has 1 aliphatic rings. The Bertz CT molecular complexity index is 679. The van der Waals surface area contributed by atoms with Gasteiger partial charge in [-0.05, 0) is 38.0 Å². The second-order valence-electron chi connectivity index (χ2n) is 5.37. The van der Waals surface area contributed by atoms with Gasteiger partial charge >= 0.3 is 0 Å². The molecule has 1 aliphatic heterocycles. The van der Waals surface area contributed by atoms with Crippen molar-refractivity contribution in [3.63, 3.8) is 0 Å². The SMILES string of the molecule is CC(C(=O)N1CCCC1)n1c(CCl)nc2ccc(Br)cc21. The lowest BCUT2D eigenvalue weighted by Gasteiger charge is -2.23. The number of amides is 1. The van der Waals surface area contributed by atoms with E-state index in [1.807, 2.05) is 34.6 Å². The average Bonchev–Trinajstić information content (AvgIpc) is 3.12. The van der Waals surface area contributed by atoms with Gasteiger partial charge in [0.15, 0.2) is 0 Å². The average molecular weight is 371 g/mol. The summed E-state index contributed by atoms with van der Waals surface area (Å²) in [6.45, 7) is 3.64. The number of rotatable bonds is 3. The van der Waals surface area contributed by atoms with Gasteiger partial charge in [0, 0.05) is 17.6 Å². The second kappa shape index (κ2) is 5.97. The van der Waals surface area contributed by atoms with Crippen molar-refractivity contribution in [3.8, 4) is 0 Å². The molecule has 4 nitrogen and oxygen atoms in total. The molecule has 0 bridgehead atoms. The van der Waals surface area contributed by atoms with Gasteiger partial charge in [0.05, 0.1) is 16.9 Å². The summed E-state index contributed by atoms with van der Waals surface area (Å²) in [4.78, 5) is 19.1. The van der Waals surface area contributed by atoms with Gasteiger partial charge in [0.25, 0.3) is 0 Å². The summed E-state index contributed by atoms with van der Waals surface area (Å²) in [6.07, 6.45) is 2.19. The van der Waals surface area contributed by atoms with Crippen LogP contribution in [0.15, 0.2) is 22.7 Å². The van der Waals surface area contributed by atoms with Crippen molar-refractivity contribution >= 4 is 44.5 Å². The molecule has 0 saturated carbocycles. The van der Waals surface area contributed by atoms with E-state index < -0.39 is 0 Å². The van der Waals surface area contributed by atoms with Crippen LogP contribution in [0.5, 0.6) is 0 Å². The van der Waals surface area contributed by atoms with Crippen LogP contribution in [0.4, 0.5) is 0 Å². The largest absolute Gasteiger partial charge is 0.341 e. The summed E-state index contributed by atoms with van der Waals surface area (Å²) < 4.78 is 2.94. The summed E-state index contributed by atoms with van der Waals surface area (Å²) in [6, 6.07) is 5.60. The fourth-order valence-electron chi connectivity index (χ4n) is 2.95. The maximum atomic E-state index is 12.7. The molecular formula is C15H17BrClN3O. The molecule has 21 heavy (non-hydrogen) atoms. The summed E-state index contributed by atoms with van der Waals surface area (Å²) in [5.74, 6) is 1.19. The van der Waals surface area contributed by atoms with Crippen LogP contribution in [0, 0.1) is 0 Å². The molecule has 3 rings (SSSR count). The van der Waals surface area contributed by atoms with Crippen molar-refractivity contribution in [2.24, 2.45) is 0 Å². The van der Waals surface area contributed by atoms with Gasteiger partial charge in [-0.1, -0.05) is 15.9 Å². The highest BCUT2D eigenvalue weighted by Gasteiger charge is 2.27. The minimum atomic E-state index is -0.281. The second-order valence-corrected chi connectivity index (χ2v) is 6.56. The normalized spacial score (nSPS) is 16.6. The molecule has 0 spiro atoms. The number of nitrogens with zero attached hydrogens (tertiary/aromatic N) is 3. The van der Waals surface area contributed by atoms with Crippen LogP contribution in [-0.4, -0.2) is 33.4 Å². The molecule has 1 amide bonds. The standard InChI is InChI=1S/C15H17BrClN3O/c1-10(15(21)19-6-2-3-7-19)20-13-8-11(16)4-5-12(13)18-14(20)9-17/h4-5,8,10H,2-3,6-7,9H2,1H3. The molecule has 0 N–H and O–H groups in total. The zero-order chi connectivity index (χ0) is 15.0. The first kappa shape index (κ1) is 14.9. The highest BCUT2D eigenvalue weighted by Crippen LogP contribution is 2.27. The summed E-state index contributed by atoms with van der Waals surface area (Å²) >= 11 is 9.51. The third-order valence-electron chi connectivity index (χ3n) is 4.01. The molecule has 1 aromatic heterocycles. The predicted octanol–water partition coefficient (Wildman–Crippen LogP) is 3.72. The van der Waals surface area contributed by atoms with Crippen molar-refractivity contribution in [1.82, 2.24) is 14.5 Å². The molecule has 1 fully saturated rings. The molecule has 1 atom stereocenters. The Hall–Kier alpha value is -1.07. The maximum Gasteiger partial charge on any atom is 0.245 e. The first-order chi connectivity index (χ1) is 10.1. The van der Waals surface area contributed by atoms with Crippen LogP contribution in [0.1, 0.15) is 31.6 Å². The van der Waals surface area contributed by atoms with Crippen molar-refractivity contribution in [2.75, 3.05) is 13.1 Å². The summed E-state index contributed by atoms with van der Waals surface area (Å²) in [7, 11) is 0. The first-order valence-corrected chi connectivity index (χ1v) is 8.45. The maximum absolute atomic E-state index is 12.7. The van der Waals surface area contributed by atoms with Gasteiger partial charge in [-0.25, -0.2) is 4.98 Å². The van der Waals surface area contributed by atoms with Crippen LogP contribution in [0.3, 0.4) is 0 Å². The van der Waals surface area contributed by atoms with Crippen LogP contribution in [0.2, 0.25) is 0 Å². The van der Waals surface area contributed by atoms with Gasteiger partial charge in [-0.3, -0.25) is 4.79 Å². The lowest BCUT2D eigenvalue weighted by atomic mass is 10.2. The van der Waals surface area contributed by atoms with E-state index in [9.17, 15) is 4.79 Å². The molecule has 1 aromatic carbocycles. The molecule has 112 valence electrons. The number of carbonyl (C=O) groups excluding carboxylic acids is 1. The third-order valence-corrected chi connectivity index (χ3v) is 4.74. The smallest absolute Gasteiger partial charge is 0.245 e. The van der Waals surface area contributed by atoms with E-state index in [0.29, 0.717) is 5.88 Å². The number of fused-ring (bicyclic) bond motifs is 1. The fourth-order valence-corrected chi connectivity index (χ4v) is 3.49.